The first kappa shape index (κ1) is 27.5. The van der Waals surface area contributed by atoms with Crippen molar-refractivity contribution < 1.29 is 33.0 Å². The van der Waals surface area contributed by atoms with Crippen molar-refractivity contribution in [3.8, 4) is 0 Å². The topological polar surface area (TPSA) is 178 Å². The predicted octanol–water partition coefficient (Wildman–Crippen LogP) is 2.03. The predicted molar refractivity (Wildman–Crippen MR) is 129 cm³/mol. The van der Waals surface area contributed by atoms with Crippen LogP contribution in [0, 0.1) is 5.92 Å². The van der Waals surface area contributed by atoms with Crippen molar-refractivity contribution in [1.29, 1.82) is 0 Å². The van der Waals surface area contributed by atoms with Gasteiger partial charge in [0.2, 0.25) is 11.9 Å². The number of fused-ring (bicyclic) bond motifs is 1. The summed E-state index contributed by atoms with van der Waals surface area (Å²) in [4.78, 5) is 45.2. The van der Waals surface area contributed by atoms with Crippen LogP contribution in [0.2, 0.25) is 18.1 Å². The maximum Gasteiger partial charge on any atom is 0.695 e. The van der Waals surface area contributed by atoms with Crippen LogP contribution in [0.4, 0.5) is 5.95 Å². The van der Waals surface area contributed by atoms with Gasteiger partial charge in [0.15, 0.2) is 31.8 Å². The van der Waals surface area contributed by atoms with Crippen LogP contribution < -0.4 is 10.9 Å². The van der Waals surface area contributed by atoms with Gasteiger partial charge in [-0.15, -0.1) is 9.42 Å². The number of hydrogen-bond acceptors (Lipinski definition) is 9. The van der Waals surface area contributed by atoms with Crippen molar-refractivity contribution >= 4 is 39.6 Å². The first-order valence-electron chi connectivity index (χ1n) is 11.2. The van der Waals surface area contributed by atoms with Gasteiger partial charge >= 0.3 is 8.25 Å². The minimum Gasteiger partial charge on any atom is -0.408 e. The zero-order valence-corrected chi connectivity index (χ0v) is 22.7. The van der Waals surface area contributed by atoms with Gasteiger partial charge in [-0.05, 0) is 18.1 Å². The molecule has 3 heterocycles. The third-order valence-electron chi connectivity index (χ3n) is 6.39. The molecule has 1 aliphatic rings. The van der Waals surface area contributed by atoms with E-state index in [0.29, 0.717) is 0 Å². The smallest absolute Gasteiger partial charge is 0.408 e. The molecule has 2 aromatic heterocycles. The lowest BCUT2D eigenvalue weighted by Crippen LogP contribution is -2.50. The molecule has 13 nitrogen and oxygen atoms in total. The quantitative estimate of drug-likeness (QED) is 0.291. The van der Waals surface area contributed by atoms with E-state index in [2.05, 4.69) is 20.3 Å². The van der Waals surface area contributed by atoms with Crippen LogP contribution in [-0.4, -0.2) is 68.7 Å². The van der Waals surface area contributed by atoms with E-state index < -0.39 is 53.3 Å². The van der Waals surface area contributed by atoms with E-state index in [0.717, 1.165) is 0 Å². The van der Waals surface area contributed by atoms with Crippen LogP contribution in [0.3, 0.4) is 0 Å². The van der Waals surface area contributed by atoms with Gasteiger partial charge in [-0.25, -0.2) is 4.98 Å². The third-order valence-corrected chi connectivity index (χ3v) is 11.3. The van der Waals surface area contributed by atoms with Crippen molar-refractivity contribution in [3.05, 3.63) is 16.7 Å². The maximum absolute atomic E-state index is 12.6. The Morgan fingerprint density at radius 3 is 2.57 bits per heavy atom. The molecule has 1 fully saturated rings. The molecular formula is C20H33N5O8PSi+. The van der Waals surface area contributed by atoms with Gasteiger partial charge in [0, 0.05) is 10.5 Å². The highest BCUT2D eigenvalue weighted by atomic mass is 31.1. The first-order valence-corrected chi connectivity index (χ1v) is 15.2. The van der Waals surface area contributed by atoms with E-state index in [1.165, 1.54) is 10.9 Å². The molecule has 0 spiro atoms. The summed E-state index contributed by atoms with van der Waals surface area (Å²) in [7, 11) is -5.49. The van der Waals surface area contributed by atoms with Crippen molar-refractivity contribution in [1.82, 2.24) is 19.5 Å². The minimum absolute atomic E-state index is 0.0300. The Morgan fingerprint density at radius 1 is 1.37 bits per heavy atom. The Labute approximate surface area is 204 Å². The van der Waals surface area contributed by atoms with Crippen LogP contribution in [0.5, 0.6) is 0 Å². The Morgan fingerprint density at radius 2 is 2.03 bits per heavy atom. The summed E-state index contributed by atoms with van der Waals surface area (Å²) in [6.45, 7) is 13.1. The fourth-order valence-corrected chi connectivity index (χ4v) is 5.14. The molecule has 1 amide bonds. The summed E-state index contributed by atoms with van der Waals surface area (Å²) in [5.74, 6) is -0.784. The zero-order valence-electron chi connectivity index (χ0n) is 20.8. The lowest BCUT2D eigenvalue weighted by atomic mass is 10.1. The number of carbonyl (C=O) groups is 1. The van der Waals surface area contributed by atoms with Crippen LogP contribution in [0.1, 0.15) is 40.8 Å². The summed E-state index contributed by atoms with van der Waals surface area (Å²) in [6.07, 6.45) is -2.69. The molecule has 2 aromatic rings. The van der Waals surface area contributed by atoms with Crippen LogP contribution >= 0.6 is 8.25 Å². The molecule has 3 rings (SSSR count). The van der Waals surface area contributed by atoms with E-state index in [-0.39, 0.29) is 34.0 Å². The number of carbonyl (C=O) groups excluding carboxylic acids is 1. The minimum atomic E-state index is -3.06. The average molecular weight is 531 g/mol. The number of aromatic nitrogens is 4. The van der Waals surface area contributed by atoms with Crippen LogP contribution in [-0.2, 0) is 23.0 Å². The van der Waals surface area contributed by atoms with Crippen LogP contribution in [0.25, 0.3) is 11.2 Å². The number of aliphatic hydroxyl groups excluding tert-OH is 1. The molecule has 194 valence electrons. The number of nitrogens with zero attached hydrogens (tertiary/aromatic N) is 3. The molecule has 35 heavy (non-hydrogen) atoms. The highest BCUT2D eigenvalue weighted by Crippen LogP contribution is 2.44. The standard InChI is InChI=1S/C20H32N5O8PSi/c1-10(2)16(27)23-19-22-15-12(17(28)24-19)21-9-25(15)18-14(32-34(29)30)13(11(8-26)31-18)33-35(6,7)20(3,4)5/h9-11,13-14,18,26H,8H2,1-7H3,(H2-,22,23,24,27,28,29,30)/p+1/t11-,13?,14-,18-/m1/s1. The number of H-pyrrole nitrogens is 1. The number of nitrogens with one attached hydrogen (secondary N) is 2. The van der Waals surface area contributed by atoms with Gasteiger partial charge in [0.25, 0.3) is 5.56 Å². The maximum atomic E-state index is 12.6. The summed E-state index contributed by atoms with van der Waals surface area (Å²) in [6, 6.07) is 0. The molecule has 5 atom stereocenters. The molecular weight excluding hydrogens is 497 g/mol. The molecule has 0 aliphatic carbocycles. The fourth-order valence-electron chi connectivity index (χ4n) is 3.39. The van der Waals surface area contributed by atoms with Gasteiger partial charge < -0.3 is 14.3 Å². The van der Waals surface area contributed by atoms with E-state index >= 15 is 0 Å². The number of amides is 1. The lowest BCUT2D eigenvalue weighted by molar-refractivity contribution is -0.118. The summed E-state index contributed by atoms with van der Waals surface area (Å²) in [5, 5.41) is 12.4. The molecule has 0 aromatic carbocycles. The normalized spacial score (nSPS) is 23.8. The summed E-state index contributed by atoms with van der Waals surface area (Å²) in [5.41, 5.74) is -0.564. The number of imidazole rings is 1. The van der Waals surface area contributed by atoms with Gasteiger partial charge in [-0.1, -0.05) is 34.6 Å². The monoisotopic (exact) mass is 530 g/mol. The highest BCUT2D eigenvalue weighted by molar-refractivity contribution is 7.32. The number of aromatic amines is 1. The Kier molecular flexibility index (Phi) is 7.96. The van der Waals surface area contributed by atoms with Crippen LogP contribution in [0.15, 0.2) is 11.1 Å². The molecule has 1 saturated heterocycles. The molecule has 0 radical (unpaired) electrons. The Balaban J connectivity index is 2.07. The molecule has 0 saturated carbocycles. The lowest BCUT2D eigenvalue weighted by Gasteiger charge is -2.39. The van der Waals surface area contributed by atoms with Gasteiger partial charge in [0.05, 0.1) is 12.9 Å². The van der Waals surface area contributed by atoms with E-state index in [4.69, 9.17) is 13.7 Å². The van der Waals surface area contributed by atoms with Crippen molar-refractivity contribution in [2.75, 3.05) is 11.9 Å². The number of anilines is 1. The Hall–Kier alpha value is -2.06. The fraction of sp³-hybridized carbons (Fsp3) is 0.700. The zero-order chi connectivity index (χ0) is 26.3. The second-order valence-corrected chi connectivity index (χ2v) is 15.7. The van der Waals surface area contributed by atoms with E-state index in [1.54, 1.807) is 13.8 Å². The van der Waals surface area contributed by atoms with Gasteiger partial charge in [-0.3, -0.25) is 24.5 Å². The van der Waals surface area contributed by atoms with E-state index in [9.17, 15) is 24.2 Å². The molecule has 1 aliphatic heterocycles. The highest BCUT2D eigenvalue weighted by Gasteiger charge is 2.54. The molecule has 15 heteroatoms. The molecule has 4 N–H and O–H groups in total. The van der Waals surface area contributed by atoms with Crippen molar-refractivity contribution in [2.24, 2.45) is 5.92 Å². The first-order chi connectivity index (χ1) is 16.2. The largest absolute Gasteiger partial charge is 0.695 e. The Bertz CT molecular complexity index is 1160. The SMILES string of the molecule is CC(C)C(=O)Nc1nc2c(ncn2[C@@H]2O[C@H](CO)C(O[Si](C)(C)C(C)(C)C)[C@H]2O[P+](=O)O)c(=O)[nH]1. The summed E-state index contributed by atoms with van der Waals surface area (Å²) >= 11 is 0. The number of aliphatic hydroxyl groups is 1. The second kappa shape index (κ2) is 10.1. The number of ether oxygens (including phenoxy) is 1. The summed E-state index contributed by atoms with van der Waals surface area (Å²) < 4.78 is 30.9. The van der Waals surface area contributed by atoms with E-state index in [1.807, 2.05) is 33.9 Å². The van der Waals surface area contributed by atoms with Crippen molar-refractivity contribution in [3.63, 3.8) is 0 Å². The number of hydrogen-bond donors (Lipinski definition) is 4. The van der Waals surface area contributed by atoms with Gasteiger partial charge in [0.1, 0.15) is 12.2 Å². The van der Waals surface area contributed by atoms with Crippen molar-refractivity contribution in [2.45, 2.75) is 77.3 Å². The van der Waals surface area contributed by atoms with Gasteiger partial charge in [-0.2, -0.15) is 4.98 Å². The second-order valence-electron chi connectivity index (χ2n) is 10.3. The third kappa shape index (κ3) is 5.69. The molecule has 2 unspecified atom stereocenters. The average Bonchev–Trinajstić information content (AvgIpc) is 3.28. The molecule has 0 bridgehead atoms. The number of rotatable bonds is 8.